The molecule has 0 aliphatic heterocycles. The van der Waals surface area contributed by atoms with Crippen molar-refractivity contribution in [2.75, 3.05) is 19.6 Å². The minimum Gasteiger partial charge on any atom is -0.480 e. The zero-order chi connectivity index (χ0) is 19.8. The molecule has 1 aromatic heterocycles. The number of amides is 3. The first-order valence-electron chi connectivity index (χ1n) is 8.21. The molecule has 0 radical (unpaired) electrons. The predicted octanol–water partition coefficient (Wildman–Crippen LogP) is -1.53. The number of benzene rings is 1. The Balaban J connectivity index is 2.11. The lowest BCUT2D eigenvalue weighted by Gasteiger charge is -2.18. The fraction of sp³-hybridized carbons (Fsp3) is 0.294. The number of fused-ring (bicyclic) bond motifs is 1. The van der Waals surface area contributed by atoms with E-state index in [0.717, 1.165) is 16.5 Å². The molecule has 10 heteroatoms. The van der Waals surface area contributed by atoms with E-state index in [-0.39, 0.29) is 19.5 Å². The molecule has 2 rings (SSSR count). The van der Waals surface area contributed by atoms with Gasteiger partial charge in [-0.2, -0.15) is 0 Å². The number of hydrogen-bond acceptors (Lipinski definition) is 5. The molecule has 2 aromatic rings. The average molecular weight is 375 g/mol. The van der Waals surface area contributed by atoms with E-state index in [1.54, 1.807) is 6.20 Å². The summed E-state index contributed by atoms with van der Waals surface area (Å²) in [5, 5.41) is 16.7. The van der Waals surface area contributed by atoms with Crippen LogP contribution in [0.4, 0.5) is 0 Å². The molecule has 0 spiro atoms. The van der Waals surface area contributed by atoms with Crippen molar-refractivity contribution in [3.8, 4) is 0 Å². The third-order valence-corrected chi connectivity index (χ3v) is 3.80. The second kappa shape index (κ2) is 9.34. The van der Waals surface area contributed by atoms with Crippen LogP contribution in [0.3, 0.4) is 0 Å². The van der Waals surface area contributed by atoms with Gasteiger partial charge >= 0.3 is 5.97 Å². The first-order valence-corrected chi connectivity index (χ1v) is 8.21. The number of aliphatic carboxylic acids is 1. The molecule has 7 N–H and O–H groups in total. The molecule has 1 aromatic carbocycles. The van der Waals surface area contributed by atoms with Gasteiger partial charge in [-0.1, -0.05) is 18.2 Å². The third-order valence-electron chi connectivity index (χ3n) is 3.80. The number of carboxylic acid groups (broad SMARTS) is 1. The highest BCUT2D eigenvalue weighted by molar-refractivity contribution is 5.92. The van der Waals surface area contributed by atoms with Crippen LogP contribution in [0.2, 0.25) is 0 Å². The summed E-state index contributed by atoms with van der Waals surface area (Å²) in [7, 11) is 0. The Morgan fingerprint density at radius 3 is 2.52 bits per heavy atom. The summed E-state index contributed by atoms with van der Waals surface area (Å²) >= 11 is 0. The van der Waals surface area contributed by atoms with E-state index in [1.165, 1.54) is 0 Å². The largest absolute Gasteiger partial charge is 0.480 e. The zero-order valence-corrected chi connectivity index (χ0v) is 14.5. The standard InChI is InChI=1S/C17H21N5O5/c18-6-14(23)20-8-15(24)22-13(17(27)21-9-16(25)26)5-10-7-19-12-4-2-1-3-11(10)12/h1-4,7,13,19H,5-6,8-9,18H2,(H,20,23)(H,21,27)(H,22,24)(H,25,26). The molecule has 0 fully saturated rings. The van der Waals surface area contributed by atoms with Crippen molar-refractivity contribution in [1.82, 2.24) is 20.9 Å². The molecular weight excluding hydrogens is 354 g/mol. The van der Waals surface area contributed by atoms with Gasteiger partial charge in [0, 0.05) is 23.5 Å². The summed E-state index contributed by atoms with van der Waals surface area (Å²) < 4.78 is 0. The van der Waals surface area contributed by atoms with Crippen molar-refractivity contribution in [2.24, 2.45) is 5.73 Å². The predicted molar refractivity (Wildman–Crippen MR) is 96.6 cm³/mol. The van der Waals surface area contributed by atoms with Gasteiger partial charge in [-0.3, -0.25) is 19.2 Å². The van der Waals surface area contributed by atoms with Crippen LogP contribution < -0.4 is 21.7 Å². The second-order valence-corrected chi connectivity index (χ2v) is 5.78. The summed E-state index contributed by atoms with van der Waals surface area (Å²) in [6.45, 7) is -1.17. The van der Waals surface area contributed by atoms with Gasteiger partial charge < -0.3 is 31.8 Å². The molecule has 1 unspecified atom stereocenters. The monoisotopic (exact) mass is 375 g/mol. The van der Waals surface area contributed by atoms with E-state index in [1.807, 2.05) is 24.3 Å². The Kier molecular flexibility index (Phi) is 6.89. The van der Waals surface area contributed by atoms with Crippen LogP contribution in [0.5, 0.6) is 0 Å². The van der Waals surface area contributed by atoms with E-state index in [9.17, 15) is 19.2 Å². The van der Waals surface area contributed by atoms with Crippen LogP contribution in [0.25, 0.3) is 10.9 Å². The molecule has 1 heterocycles. The lowest BCUT2D eigenvalue weighted by Crippen LogP contribution is -2.51. The van der Waals surface area contributed by atoms with Gasteiger partial charge in [0.25, 0.3) is 0 Å². The van der Waals surface area contributed by atoms with Crippen LogP contribution in [-0.2, 0) is 25.6 Å². The van der Waals surface area contributed by atoms with Gasteiger partial charge in [-0.15, -0.1) is 0 Å². The highest BCUT2D eigenvalue weighted by atomic mass is 16.4. The molecular formula is C17H21N5O5. The Bertz CT molecular complexity index is 847. The molecule has 0 bridgehead atoms. The Morgan fingerprint density at radius 1 is 1.07 bits per heavy atom. The van der Waals surface area contributed by atoms with Gasteiger partial charge in [0.2, 0.25) is 17.7 Å². The maximum Gasteiger partial charge on any atom is 0.322 e. The number of H-pyrrole nitrogens is 1. The number of rotatable bonds is 9. The molecule has 27 heavy (non-hydrogen) atoms. The van der Waals surface area contributed by atoms with Gasteiger partial charge in [0.05, 0.1) is 13.1 Å². The normalized spacial score (nSPS) is 11.6. The Morgan fingerprint density at radius 2 is 1.81 bits per heavy atom. The van der Waals surface area contributed by atoms with E-state index in [2.05, 4.69) is 20.9 Å². The number of nitrogens with two attached hydrogens (primary N) is 1. The van der Waals surface area contributed by atoms with Crippen molar-refractivity contribution < 1.29 is 24.3 Å². The highest BCUT2D eigenvalue weighted by Crippen LogP contribution is 2.19. The topological polar surface area (TPSA) is 166 Å². The van der Waals surface area contributed by atoms with Crippen LogP contribution in [-0.4, -0.2) is 59.5 Å². The number of carboxylic acids is 1. The van der Waals surface area contributed by atoms with Gasteiger partial charge in [0.15, 0.2) is 0 Å². The SMILES string of the molecule is NCC(=O)NCC(=O)NC(Cc1c[nH]c2ccccc12)C(=O)NCC(=O)O. The van der Waals surface area contributed by atoms with Crippen molar-refractivity contribution in [2.45, 2.75) is 12.5 Å². The van der Waals surface area contributed by atoms with Crippen LogP contribution in [0, 0.1) is 0 Å². The first kappa shape index (κ1) is 19.9. The van der Waals surface area contributed by atoms with Gasteiger partial charge in [0.1, 0.15) is 12.6 Å². The number of para-hydroxylation sites is 1. The van der Waals surface area contributed by atoms with E-state index in [0.29, 0.717) is 0 Å². The minimum absolute atomic E-state index is 0.145. The van der Waals surface area contributed by atoms with Crippen molar-refractivity contribution in [1.29, 1.82) is 0 Å². The minimum atomic E-state index is -1.20. The van der Waals surface area contributed by atoms with E-state index < -0.39 is 36.3 Å². The van der Waals surface area contributed by atoms with Crippen molar-refractivity contribution in [3.63, 3.8) is 0 Å². The number of aromatic nitrogens is 1. The Labute approximate surface area is 154 Å². The lowest BCUT2D eigenvalue weighted by atomic mass is 10.0. The van der Waals surface area contributed by atoms with Gasteiger partial charge in [-0.25, -0.2) is 0 Å². The molecule has 10 nitrogen and oxygen atoms in total. The number of hydrogen-bond donors (Lipinski definition) is 6. The number of nitrogens with one attached hydrogen (secondary N) is 4. The average Bonchev–Trinajstić information content (AvgIpc) is 3.06. The van der Waals surface area contributed by atoms with Crippen molar-refractivity contribution >= 4 is 34.6 Å². The van der Waals surface area contributed by atoms with Crippen LogP contribution in [0.1, 0.15) is 5.56 Å². The smallest absolute Gasteiger partial charge is 0.322 e. The summed E-state index contributed by atoms with van der Waals surface area (Å²) in [6.07, 6.45) is 1.87. The number of carbonyl (C=O) groups is 4. The van der Waals surface area contributed by atoms with Gasteiger partial charge in [-0.05, 0) is 11.6 Å². The summed E-state index contributed by atoms with van der Waals surface area (Å²) in [4.78, 5) is 49.3. The van der Waals surface area contributed by atoms with Crippen LogP contribution in [0.15, 0.2) is 30.5 Å². The maximum atomic E-state index is 12.3. The third kappa shape index (κ3) is 5.82. The maximum absolute atomic E-state index is 12.3. The summed E-state index contributed by atoms with van der Waals surface area (Å²) in [6, 6.07) is 6.45. The first-order chi connectivity index (χ1) is 12.9. The molecule has 1 atom stereocenters. The zero-order valence-electron chi connectivity index (χ0n) is 14.5. The van der Waals surface area contributed by atoms with E-state index in [4.69, 9.17) is 10.8 Å². The van der Waals surface area contributed by atoms with E-state index >= 15 is 0 Å². The lowest BCUT2D eigenvalue weighted by molar-refractivity contribution is -0.138. The van der Waals surface area contributed by atoms with Crippen LogP contribution >= 0.6 is 0 Å². The summed E-state index contributed by atoms with van der Waals surface area (Å²) in [5.41, 5.74) is 6.81. The molecule has 144 valence electrons. The highest BCUT2D eigenvalue weighted by Gasteiger charge is 2.23. The molecule has 0 saturated heterocycles. The molecule has 0 saturated carbocycles. The summed E-state index contributed by atoms with van der Waals surface area (Å²) in [5.74, 6) is -2.93. The molecule has 0 aliphatic rings. The molecule has 3 amide bonds. The second-order valence-electron chi connectivity index (χ2n) is 5.78. The Hall–Kier alpha value is -3.40. The van der Waals surface area contributed by atoms with Crippen molar-refractivity contribution in [3.05, 3.63) is 36.0 Å². The quantitative estimate of drug-likeness (QED) is 0.311. The fourth-order valence-corrected chi connectivity index (χ4v) is 2.51. The molecule has 0 aliphatic carbocycles. The number of aromatic amines is 1. The number of carbonyl (C=O) groups excluding carboxylic acids is 3. The fourth-order valence-electron chi connectivity index (χ4n) is 2.51.